The van der Waals surface area contributed by atoms with Gasteiger partial charge in [0.2, 0.25) is 0 Å². The van der Waals surface area contributed by atoms with Gasteiger partial charge in [-0.25, -0.2) is 0 Å². The van der Waals surface area contributed by atoms with Crippen molar-refractivity contribution in [1.29, 1.82) is 0 Å². The van der Waals surface area contributed by atoms with Crippen LogP contribution in [0.1, 0.15) is 79.6 Å². The number of carbonyl (C=O) groups excluding carboxylic acids is 1. The van der Waals surface area contributed by atoms with Gasteiger partial charge in [0.25, 0.3) is 0 Å². The summed E-state index contributed by atoms with van der Waals surface area (Å²) in [5, 5.41) is 0. The number of piperidine rings is 3. The summed E-state index contributed by atoms with van der Waals surface area (Å²) >= 11 is 0. The van der Waals surface area contributed by atoms with E-state index in [4.69, 9.17) is 0 Å². The molecule has 0 saturated carbocycles. The van der Waals surface area contributed by atoms with E-state index in [1.165, 1.54) is 64.8 Å². The Morgan fingerprint density at radius 1 is 0.786 bits per heavy atom. The van der Waals surface area contributed by atoms with Gasteiger partial charge >= 0.3 is 0 Å². The molecular formula is C24H47N3O. The van der Waals surface area contributed by atoms with Crippen molar-refractivity contribution in [1.82, 2.24) is 14.7 Å². The van der Waals surface area contributed by atoms with Crippen LogP contribution in [-0.4, -0.2) is 78.4 Å². The van der Waals surface area contributed by atoms with Gasteiger partial charge in [0.05, 0.1) is 0 Å². The van der Waals surface area contributed by atoms with Gasteiger partial charge in [0, 0.05) is 23.9 Å². The van der Waals surface area contributed by atoms with E-state index in [0.29, 0.717) is 11.7 Å². The number of likely N-dealkylation sites (tertiary alicyclic amines) is 3. The first-order chi connectivity index (χ1) is 13.6. The molecule has 28 heavy (non-hydrogen) atoms. The van der Waals surface area contributed by atoms with Crippen molar-refractivity contribution < 1.29 is 4.79 Å². The predicted octanol–water partition coefficient (Wildman–Crippen LogP) is 4.29. The number of hydrogen-bond donors (Lipinski definition) is 0. The molecule has 0 radical (unpaired) electrons. The minimum Gasteiger partial charge on any atom is -0.303 e. The highest BCUT2D eigenvalue weighted by atomic mass is 16.1. The van der Waals surface area contributed by atoms with Gasteiger partial charge in [0.1, 0.15) is 5.78 Å². The number of rotatable bonds is 6. The normalized spacial score (nSPS) is 24.9. The molecule has 3 saturated heterocycles. The van der Waals surface area contributed by atoms with Crippen LogP contribution in [0.15, 0.2) is 0 Å². The third kappa shape index (κ3) is 6.53. The van der Waals surface area contributed by atoms with Crippen LogP contribution in [0.4, 0.5) is 0 Å². The molecule has 164 valence electrons. The van der Waals surface area contributed by atoms with Crippen LogP contribution in [0, 0.1) is 11.8 Å². The maximum Gasteiger partial charge on any atom is 0.138 e. The molecule has 4 heteroatoms. The third-order valence-corrected chi connectivity index (χ3v) is 7.13. The van der Waals surface area contributed by atoms with E-state index in [1.807, 2.05) is 13.8 Å². The molecule has 0 unspecified atom stereocenters. The Kier molecular flexibility index (Phi) is 10.5. The number of nitrogens with zero attached hydrogens (tertiary/aromatic N) is 3. The van der Waals surface area contributed by atoms with Crippen molar-refractivity contribution in [3.05, 3.63) is 0 Å². The maximum atomic E-state index is 12.2. The van der Waals surface area contributed by atoms with Crippen LogP contribution < -0.4 is 0 Å². The Hall–Kier alpha value is -0.450. The Balaban J connectivity index is 0.00000136. The highest BCUT2D eigenvalue weighted by molar-refractivity contribution is 5.82. The van der Waals surface area contributed by atoms with Gasteiger partial charge in [-0.1, -0.05) is 34.6 Å². The molecule has 0 N–H and O–H groups in total. The fraction of sp³-hybridized carbons (Fsp3) is 0.958. The molecule has 0 bridgehead atoms. The quantitative estimate of drug-likeness (QED) is 0.673. The lowest BCUT2D eigenvalue weighted by atomic mass is 9.86. The summed E-state index contributed by atoms with van der Waals surface area (Å²) in [5.41, 5.74) is 0. The number of carbonyl (C=O) groups is 1. The third-order valence-electron chi connectivity index (χ3n) is 7.13. The minimum atomic E-state index is 0.207. The van der Waals surface area contributed by atoms with E-state index < -0.39 is 0 Å². The second-order valence-corrected chi connectivity index (χ2v) is 9.21. The highest BCUT2D eigenvalue weighted by Gasteiger charge is 2.33. The lowest BCUT2D eigenvalue weighted by molar-refractivity contribution is -0.127. The van der Waals surface area contributed by atoms with E-state index >= 15 is 0 Å². The molecule has 3 aliphatic heterocycles. The van der Waals surface area contributed by atoms with Crippen molar-refractivity contribution in [2.45, 2.75) is 91.6 Å². The predicted molar refractivity (Wildman–Crippen MR) is 120 cm³/mol. The topological polar surface area (TPSA) is 26.8 Å². The zero-order valence-corrected chi connectivity index (χ0v) is 19.5. The second kappa shape index (κ2) is 12.3. The monoisotopic (exact) mass is 393 g/mol. The van der Waals surface area contributed by atoms with Crippen molar-refractivity contribution in [3.8, 4) is 0 Å². The van der Waals surface area contributed by atoms with Gasteiger partial charge in [-0.15, -0.1) is 0 Å². The number of Topliss-reactive ketones (excluding diaryl/α,β-unsaturated/α-hetero) is 1. The lowest BCUT2D eigenvalue weighted by Crippen LogP contribution is -2.52. The summed E-state index contributed by atoms with van der Waals surface area (Å²) in [6.45, 7) is 19.1. The van der Waals surface area contributed by atoms with Crippen LogP contribution in [-0.2, 0) is 4.79 Å². The smallest absolute Gasteiger partial charge is 0.138 e. The van der Waals surface area contributed by atoms with Gasteiger partial charge in [-0.2, -0.15) is 0 Å². The van der Waals surface area contributed by atoms with E-state index in [-0.39, 0.29) is 5.92 Å². The molecule has 3 fully saturated rings. The Bertz CT molecular complexity index is 429. The van der Waals surface area contributed by atoms with Crippen molar-refractivity contribution >= 4 is 5.78 Å². The summed E-state index contributed by atoms with van der Waals surface area (Å²) in [4.78, 5) is 20.4. The van der Waals surface area contributed by atoms with Crippen molar-refractivity contribution in [2.24, 2.45) is 11.8 Å². The zero-order valence-electron chi connectivity index (χ0n) is 19.5. The van der Waals surface area contributed by atoms with Crippen molar-refractivity contribution in [3.63, 3.8) is 0 Å². The molecule has 4 nitrogen and oxygen atoms in total. The van der Waals surface area contributed by atoms with Crippen LogP contribution >= 0.6 is 0 Å². The molecule has 3 heterocycles. The molecule has 0 aromatic heterocycles. The molecule has 0 aliphatic carbocycles. The molecule has 0 atom stereocenters. The summed E-state index contributed by atoms with van der Waals surface area (Å²) in [7, 11) is 0. The molecule has 0 aromatic carbocycles. The molecule has 3 rings (SSSR count). The van der Waals surface area contributed by atoms with E-state index in [1.54, 1.807) is 0 Å². The SMILES string of the molecule is CC.CCCN1CCC(N2CCC(N3CCC(C(=O)C(C)C)CC3)CC2)CC1. The second-order valence-electron chi connectivity index (χ2n) is 9.21. The van der Waals surface area contributed by atoms with Crippen LogP contribution in [0.25, 0.3) is 0 Å². The molecule has 3 aliphatic rings. The summed E-state index contributed by atoms with van der Waals surface area (Å²) in [6, 6.07) is 1.60. The van der Waals surface area contributed by atoms with E-state index in [0.717, 1.165) is 38.0 Å². The van der Waals surface area contributed by atoms with E-state index in [9.17, 15) is 4.79 Å². The van der Waals surface area contributed by atoms with E-state index in [2.05, 4.69) is 35.5 Å². The minimum absolute atomic E-state index is 0.207. The standard InChI is InChI=1S/C22H41N3O.C2H6/c1-4-11-23-12-7-20(8-13-23)25-16-9-21(10-17-25)24-14-5-19(6-15-24)22(26)18(2)3;1-2/h18-21H,4-17H2,1-3H3;1-2H3. The first kappa shape index (κ1) is 23.8. The number of hydrogen-bond acceptors (Lipinski definition) is 4. The van der Waals surface area contributed by atoms with Crippen molar-refractivity contribution in [2.75, 3.05) is 45.8 Å². The maximum absolute atomic E-state index is 12.2. The largest absolute Gasteiger partial charge is 0.303 e. The average molecular weight is 394 g/mol. The lowest BCUT2D eigenvalue weighted by Gasteiger charge is -2.45. The summed E-state index contributed by atoms with van der Waals surface area (Å²) < 4.78 is 0. The molecular weight excluding hydrogens is 346 g/mol. The van der Waals surface area contributed by atoms with Gasteiger partial charge in [-0.05, 0) is 90.8 Å². The number of ketones is 1. The van der Waals surface area contributed by atoms with Gasteiger partial charge < -0.3 is 14.7 Å². The van der Waals surface area contributed by atoms with Gasteiger partial charge in [0.15, 0.2) is 0 Å². The summed E-state index contributed by atoms with van der Waals surface area (Å²) in [6.07, 6.45) is 8.87. The fourth-order valence-electron chi connectivity index (χ4n) is 5.46. The fourth-order valence-corrected chi connectivity index (χ4v) is 5.46. The van der Waals surface area contributed by atoms with Crippen LogP contribution in [0.5, 0.6) is 0 Å². The highest BCUT2D eigenvalue weighted by Crippen LogP contribution is 2.28. The Morgan fingerprint density at radius 3 is 1.64 bits per heavy atom. The first-order valence-electron chi connectivity index (χ1n) is 12.3. The summed E-state index contributed by atoms with van der Waals surface area (Å²) in [5.74, 6) is 1.03. The Labute approximate surface area is 175 Å². The molecule has 0 amide bonds. The average Bonchev–Trinajstić information content (AvgIpc) is 2.76. The zero-order chi connectivity index (χ0) is 20.5. The Morgan fingerprint density at radius 2 is 1.21 bits per heavy atom. The van der Waals surface area contributed by atoms with Gasteiger partial charge in [-0.3, -0.25) is 4.79 Å². The first-order valence-corrected chi connectivity index (χ1v) is 12.3. The van der Waals surface area contributed by atoms with Crippen LogP contribution in [0.3, 0.4) is 0 Å². The molecule has 0 spiro atoms. The molecule has 0 aromatic rings. The van der Waals surface area contributed by atoms with Crippen LogP contribution in [0.2, 0.25) is 0 Å².